The molecule has 4 N–H and O–H groups in total. The van der Waals surface area contributed by atoms with Gasteiger partial charge in [-0.05, 0) is 44.9 Å². The first kappa shape index (κ1) is 63.8. The molecule has 0 aromatic heterocycles. The number of aliphatic hydroxyl groups excluding tert-OH is 3. The zero-order valence-electron chi connectivity index (χ0n) is 44.1. The molecule has 1 amide bonds. The third kappa shape index (κ3) is 50.5. The Morgan fingerprint density at radius 1 is 0.385 bits per heavy atom. The number of amides is 1. The van der Waals surface area contributed by atoms with E-state index in [9.17, 15) is 20.1 Å². The van der Waals surface area contributed by atoms with Gasteiger partial charge < -0.3 is 20.6 Å². The maximum atomic E-state index is 12.5. The lowest BCUT2D eigenvalue weighted by Gasteiger charge is -2.26. The van der Waals surface area contributed by atoms with E-state index in [1.165, 1.54) is 263 Å². The molecule has 0 saturated heterocycles. The Hall–Kier alpha value is -1.17. The van der Waals surface area contributed by atoms with Crippen LogP contribution in [0.25, 0.3) is 0 Å². The lowest BCUT2D eigenvalue weighted by Crippen LogP contribution is -2.50. The van der Waals surface area contributed by atoms with Crippen molar-refractivity contribution < 1.29 is 20.1 Å². The van der Waals surface area contributed by atoms with Crippen LogP contribution in [-0.4, -0.2) is 46.1 Å². The molecule has 0 spiro atoms. The number of carbonyl (C=O) groups is 1. The van der Waals surface area contributed by atoms with E-state index in [-0.39, 0.29) is 12.5 Å². The number of aliphatic hydroxyl groups is 3. The van der Waals surface area contributed by atoms with Crippen molar-refractivity contribution in [1.82, 2.24) is 5.32 Å². The van der Waals surface area contributed by atoms with Gasteiger partial charge in [0.15, 0.2) is 0 Å². The van der Waals surface area contributed by atoms with Crippen LogP contribution in [0.2, 0.25) is 0 Å². The molecule has 0 heterocycles. The number of nitrogens with one attached hydrogen (secondary N) is 1. The van der Waals surface area contributed by atoms with Crippen LogP contribution in [-0.2, 0) is 4.79 Å². The van der Waals surface area contributed by atoms with Gasteiger partial charge in [0.1, 0.15) is 6.10 Å². The van der Waals surface area contributed by atoms with Crippen LogP contribution < -0.4 is 5.32 Å². The average Bonchev–Trinajstić information content (AvgIpc) is 3.31. The number of unbranched alkanes of at least 4 members (excludes halogenated alkanes) is 43. The van der Waals surface area contributed by atoms with Crippen molar-refractivity contribution in [2.75, 3.05) is 6.61 Å². The lowest BCUT2D eigenvalue weighted by atomic mass is 9.99. The van der Waals surface area contributed by atoms with Gasteiger partial charge in [0, 0.05) is 6.42 Å². The first-order valence-corrected chi connectivity index (χ1v) is 29.6. The Labute approximate surface area is 407 Å². The summed E-state index contributed by atoms with van der Waals surface area (Å²) in [6.07, 6.45) is 70.6. The second kappa shape index (κ2) is 55.4. The molecule has 0 radical (unpaired) electrons. The summed E-state index contributed by atoms with van der Waals surface area (Å²) in [5, 5.41) is 33.8. The minimum Gasteiger partial charge on any atom is -0.394 e. The van der Waals surface area contributed by atoms with E-state index >= 15 is 0 Å². The van der Waals surface area contributed by atoms with Gasteiger partial charge in [-0.25, -0.2) is 0 Å². The molecule has 0 aliphatic heterocycles. The van der Waals surface area contributed by atoms with Crippen LogP contribution >= 0.6 is 0 Å². The topological polar surface area (TPSA) is 89.8 Å². The van der Waals surface area contributed by atoms with E-state index in [1.807, 2.05) is 0 Å². The van der Waals surface area contributed by atoms with E-state index in [2.05, 4.69) is 43.5 Å². The fraction of sp³-hybridized carbons (Fsp3) is 0.917. The van der Waals surface area contributed by atoms with Crippen molar-refractivity contribution in [3.05, 3.63) is 24.3 Å². The Bertz CT molecular complexity index is 967. The van der Waals surface area contributed by atoms with Gasteiger partial charge in [-0.3, -0.25) is 4.79 Å². The Morgan fingerprint density at radius 2 is 0.662 bits per heavy atom. The van der Waals surface area contributed by atoms with Crippen LogP contribution in [0.3, 0.4) is 0 Å². The van der Waals surface area contributed by atoms with Crippen molar-refractivity contribution in [2.45, 2.75) is 347 Å². The standard InChI is InChI=1S/C60H117NO4/c1-3-5-7-9-11-13-15-17-19-21-22-23-24-25-26-27-28-29-30-31-32-33-34-35-36-37-38-39-41-43-45-47-49-51-53-55-59(64)61-57(56-62)60(65)58(63)54-52-50-48-46-44-42-40-20-18-16-14-12-10-8-6-4-2/h24-25,27-28,57-58,60,62-63,65H,3-23,26,29-56H2,1-2H3,(H,61,64)/b25-24-,28-27-. The normalized spacial score (nSPS) is 13.4. The first-order chi connectivity index (χ1) is 32.1. The molecule has 5 nitrogen and oxygen atoms in total. The average molecular weight is 917 g/mol. The van der Waals surface area contributed by atoms with Gasteiger partial charge in [-0.1, -0.05) is 301 Å². The molecule has 0 aliphatic carbocycles. The highest BCUT2D eigenvalue weighted by Crippen LogP contribution is 2.18. The summed E-state index contributed by atoms with van der Waals surface area (Å²) in [5.74, 6) is -0.139. The molecule has 3 atom stereocenters. The molecule has 5 heteroatoms. The molecule has 0 saturated carbocycles. The maximum absolute atomic E-state index is 12.5. The molecule has 386 valence electrons. The molecule has 65 heavy (non-hydrogen) atoms. The molecule has 0 aliphatic rings. The summed E-state index contributed by atoms with van der Waals surface area (Å²) in [6, 6.07) is -0.807. The van der Waals surface area contributed by atoms with Crippen LogP contribution in [0.15, 0.2) is 24.3 Å². The second-order valence-corrected chi connectivity index (χ2v) is 20.6. The molecule has 3 unspecified atom stereocenters. The van der Waals surface area contributed by atoms with Gasteiger partial charge in [-0.15, -0.1) is 0 Å². The predicted molar refractivity (Wildman–Crippen MR) is 287 cm³/mol. The molecule has 0 fully saturated rings. The van der Waals surface area contributed by atoms with Gasteiger partial charge in [-0.2, -0.15) is 0 Å². The number of carbonyl (C=O) groups excluding carboxylic acids is 1. The highest BCUT2D eigenvalue weighted by atomic mass is 16.3. The molecular formula is C60H117NO4. The van der Waals surface area contributed by atoms with Crippen LogP contribution in [0, 0.1) is 0 Å². The van der Waals surface area contributed by atoms with Crippen molar-refractivity contribution in [3.8, 4) is 0 Å². The summed E-state index contributed by atoms with van der Waals surface area (Å²) in [6.45, 7) is 4.21. The largest absolute Gasteiger partial charge is 0.394 e. The van der Waals surface area contributed by atoms with Gasteiger partial charge in [0.25, 0.3) is 0 Å². The number of hydrogen-bond acceptors (Lipinski definition) is 4. The summed E-state index contributed by atoms with van der Waals surface area (Å²) in [7, 11) is 0. The van der Waals surface area contributed by atoms with Crippen molar-refractivity contribution in [3.63, 3.8) is 0 Å². The minimum absolute atomic E-state index is 0.139. The van der Waals surface area contributed by atoms with Crippen molar-refractivity contribution in [2.24, 2.45) is 0 Å². The van der Waals surface area contributed by atoms with Gasteiger partial charge >= 0.3 is 0 Å². The Morgan fingerprint density at radius 3 is 0.969 bits per heavy atom. The zero-order chi connectivity index (χ0) is 47.2. The molecule has 0 rings (SSSR count). The van der Waals surface area contributed by atoms with E-state index in [4.69, 9.17) is 0 Å². The summed E-state index contributed by atoms with van der Waals surface area (Å²) < 4.78 is 0. The summed E-state index contributed by atoms with van der Waals surface area (Å²) in [4.78, 5) is 12.5. The number of allylic oxidation sites excluding steroid dienone is 4. The van der Waals surface area contributed by atoms with E-state index in [1.54, 1.807) is 0 Å². The molecule has 0 bridgehead atoms. The second-order valence-electron chi connectivity index (χ2n) is 20.6. The third-order valence-corrected chi connectivity index (χ3v) is 14.1. The Kier molecular flexibility index (Phi) is 54.4. The maximum Gasteiger partial charge on any atom is 0.220 e. The first-order valence-electron chi connectivity index (χ1n) is 29.6. The Balaban J connectivity index is 3.47. The molecule has 0 aromatic carbocycles. The fourth-order valence-electron chi connectivity index (χ4n) is 9.49. The van der Waals surface area contributed by atoms with Gasteiger partial charge in [0.05, 0.1) is 18.8 Å². The SMILES string of the molecule is CCCCCCCCCCCCC/C=C\C/C=C\CCCCCCCCCCCCCCCCCCCC(=O)NC(CO)C(O)C(O)CCCCCCCCCCCCCCCCCC. The summed E-state index contributed by atoms with van der Waals surface area (Å²) in [5.41, 5.74) is 0. The lowest BCUT2D eigenvalue weighted by molar-refractivity contribution is -0.124. The molecular weight excluding hydrogens is 799 g/mol. The van der Waals surface area contributed by atoms with Gasteiger partial charge in [0.2, 0.25) is 5.91 Å². The predicted octanol–water partition coefficient (Wildman–Crippen LogP) is 18.5. The number of hydrogen-bond donors (Lipinski definition) is 4. The molecule has 0 aromatic rings. The van der Waals surface area contributed by atoms with E-state index in [0.717, 1.165) is 38.5 Å². The van der Waals surface area contributed by atoms with Crippen LogP contribution in [0.4, 0.5) is 0 Å². The van der Waals surface area contributed by atoms with E-state index < -0.39 is 18.2 Å². The highest BCUT2D eigenvalue weighted by Gasteiger charge is 2.26. The third-order valence-electron chi connectivity index (χ3n) is 14.1. The minimum atomic E-state index is -1.13. The van der Waals surface area contributed by atoms with Crippen LogP contribution in [0.1, 0.15) is 328 Å². The van der Waals surface area contributed by atoms with Crippen molar-refractivity contribution in [1.29, 1.82) is 0 Å². The monoisotopic (exact) mass is 916 g/mol. The fourth-order valence-corrected chi connectivity index (χ4v) is 9.49. The quantitative estimate of drug-likeness (QED) is 0.0361. The van der Waals surface area contributed by atoms with Crippen LogP contribution in [0.5, 0.6) is 0 Å². The van der Waals surface area contributed by atoms with E-state index in [0.29, 0.717) is 12.8 Å². The zero-order valence-corrected chi connectivity index (χ0v) is 44.1. The number of rotatable bonds is 55. The smallest absolute Gasteiger partial charge is 0.220 e. The van der Waals surface area contributed by atoms with Crippen molar-refractivity contribution >= 4 is 5.91 Å². The summed E-state index contributed by atoms with van der Waals surface area (Å²) >= 11 is 0. The highest BCUT2D eigenvalue weighted by molar-refractivity contribution is 5.76.